The molecule has 0 unspecified atom stereocenters. The lowest BCUT2D eigenvalue weighted by Crippen LogP contribution is -1.84. The number of hydrogen-bond donors (Lipinski definition) is 2. The number of fused-ring (bicyclic) bond motifs is 20. The molecule has 0 aliphatic carbocycles. The van der Waals surface area contributed by atoms with Crippen LogP contribution in [0.3, 0.4) is 0 Å². The Morgan fingerprint density at radius 2 is 0.682 bits per heavy atom. The monoisotopic (exact) mass is 586 g/mol. The number of hydrogen-bond acceptors (Lipinski definition) is 6. The molecule has 9 rings (SSSR count). The molecule has 0 fully saturated rings. The van der Waals surface area contributed by atoms with Crippen LogP contribution in [0.15, 0.2) is 72.8 Å². The van der Waals surface area contributed by atoms with Gasteiger partial charge in [-0.1, -0.05) is 0 Å². The predicted molar refractivity (Wildman–Crippen MR) is 156 cm³/mol. The quantitative estimate of drug-likeness (QED) is 0.179. The first kappa shape index (κ1) is 24.5. The molecule has 2 aliphatic rings. The van der Waals surface area contributed by atoms with Gasteiger partial charge in [0.2, 0.25) is 0 Å². The van der Waals surface area contributed by atoms with Crippen molar-refractivity contribution in [1.29, 1.82) is 0 Å². The zero-order valence-electron chi connectivity index (χ0n) is 22.1. The lowest BCUT2D eigenvalue weighted by molar-refractivity contribution is 0.628. The average Bonchev–Trinajstić information content (AvgIpc) is 3.71. The molecule has 210 valence electrons. The van der Waals surface area contributed by atoms with Crippen molar-refractivity contribution >= 4 is 44.1 Å². The second kappa shape index (κ2) is 8.74. The molecule has 12 heteroatoms. The molecule has 44 heavy (non-hydrogen) atoms. The van der Waals surface area contributed by atoms with Gasteiger partial charge in [-0.25, -0.2) is 47.5 Å². The summed E-state index contributed by atoms with van der Waals surface area (Å²) in [6.45, 7) is 0. The largest absolute Gasteiger partial charge is 0.324 e. The number of nitrogens with zero attached hydrogens (tertiary/aromatic N) is 6. The smallest absolute Gasteiger partial charge is 0.164 e. The highest BCUT2D eigenvalue weighted by Crippen LogP contribution is 2.37. The predicted octanol–water partition coefficient (Wildman–Crippen LogP) is 7.43. The van der Waals surface area contributed by atoms with Crippen molar-refractivity contribution in [2.75, 3.05) is 0 Å². The molecule has 2 N–H and O–H groups in total. The molecule has 8 bridgehead atoms. The highest BCUT2D eigenvalue weighted by molar-refractivity contribution is 6.06. The minimum Gasteiger partial charge on any atom is -0.324 e. The third-order valence-electron chi connectivity index (χ3n) is 7.68. The van der Waals surface area contributed by atoms with Crippen LogP contribution in [0.5, 0.6) is 0 Å². The molecular weight excluding hydrogens is 572 g/mol. The number of H-pyrrole nitrogens is 2. The van der Waals surface area contributed by atoms with E-state index >= 15 is 0 Å². The van der Waals surface area contributed by atoms with Gasteiger partial charge in [0.15, 0.2) is 23.3 Å². The van der Waals surface area contributed by atoms with Gasteiger partial charge in [-0.2, -0.15) is 0 Å². The van der Waals surface area contributed by atoms with E-state index in [0.717, 1.165) is 0 Å². The zero-order valence-corrected chi connectivity index (χ0v) is 22.1. The SMILES string of the molecule is Fc1ccc2c(c1)-c1nc-2nc2[nH]c(nc3nc(nc4[nH]c(n1)c1ccc(F)cc41)-c1ccc(F)cc1-3)c1ccc(F)cc21. The van der Waals surface area contributed by atoms with Crippen LogP contribution in [0.4, 0.5) is 17.6 Å². The number of nitrogens with one attached hydrogen (secondary N) is 2. The number of halogens is 4. The van der Waals surface area contributed by atoms with E-state index in [0.29, 0.717) is 55.1 Å². The van der Waals surface area contributed by atoms with Gasteiger partial charge < -0.3 is 9.97 Å². The van der Waals surface area contributed by atoms with E-state index in [1.165, 1.54) is 48.5 Å². The molecule has 0 spiro atoms. The summed E-state index contributed by atoms with van der Waals surface area (Å²) in [5.74, 6) is -1.25. The Morgan fingerprint density at radius 1 is 0.341 bits per heavy atom. The minimum atomic E-state index is -0.498. The van der Waals surface area contributed by atoms with E-state index < -0.39 is 23.3 Å². The fraction of sp³-hybridized carbons (Fsp3) is 0. The molecule has 7 aromatic rings. The highest BCUT2D eigenvalue weighted by atomic mass is 19.1. The van der Waals surface area contributed by atoms with Crippen LogP contribution >= 0.6 is 0 Å². The van der Waals surface area contributed by atoms with Crippen molar-refractivity contribution in [3.63, 3.8) is 0 Å². The lowest BCUT2D eigenvalue weighted by atomic mass is 10.1. The highest BCUT2D eigenvalue weighted by Gasteiger charge is 2.23. The molecule has 8 nitrogen and oxygen atoms in total. The van der Waals surface area contributed by atoms with Crippen molar-refractivity contribution in [2.24, 2.45) is 0 Å². The van der Waals surface area contributed by atoms with Crippen molar-refractivity contribution in [2.45, 2.75) is 0 Å². The molecule has 0 saturated heterocycles. The Labute approximate surface area is 243 Å². The molecule has 0 saturated carbocycles. The maximum Gasteiger partial charge on any atom is 0.164 e. The average molecular weight is 587 g/mol. The Morgan fingerprint density at radius 3 is 1.11 bits per heavy atom. The third-order valence-corrected chi connectivity index (χ3v) is 7.68. The number of rotatable bonds is 0. The van der Waals surface area contributed by atoms with Gasteiger partial charge in [0.25, 0.3) is 0 Å². The van der Waals surface area contributed by atoms with Gasteiger partial charge in [-0.3, -0.25) is 0 Å². The summed E-state index contributed by atoms with van der Waals surface area (Å²) < 4.78 is 57.9. The molecule has 0 amide bonds. The van der Waals surface area contributed by atoms with Crippen LogP contribution in [0.1, 0.15) is 0 Å². The zero-order chi connectivity index (χ0) is 29.7. The second-order valence-electron chi connectivity index (χ2n) is 10.4. The first-order chi connectivity index (χ1) is 21.4. The van der Waals surface area contributed by atoms with Crippen LogP contribution in [0.2, 0.25) is 0 Å². The van der Waals surface area contributed by atoms with Gasteiger partial charge >= 0.3 is 0 Å². The van der Waals surface area contributed by atoms with Crippen LogP contribution in [0, 0.1) is 23.3 Å². The maximum absolute atomic E-state index is 14.5. The molecule has 4 aromatic carbocycles. The topological polar surface area (TPSA) is 109 Å². The standard InChI is InChI=1S/C32H14F4N8/c33-13-1-5-17-21(9-13)29-37-25(17)41-30-22-10-14(34)2-6-18(22)27(38-30)43-32-24-12-16(36)4-8-20(24)28(40-32)44-31-23-11-15(35)3-7-19(23)26(39-31)42-29/h1-12H,(H2,37,38,39,40,41,42,43,44). The number of benzene rings is 4. The van der Waals surface area contributed by atoms with Gasteiger partial charge in [-0.15, -0.1) is 0 Å². The summed E-state index contributed by atoms with van der Waals surface area (Å²) in [7, 11) is 0. The Bertz CT molecular complexity index is 2390. The Balaban J connectivity index is 1.51. The molecular formula is C32H14F4N8. The molecule has 2 aliphatic heterocycles. The summed E-state index contributed by atoms with van der Waals surface area (Å²) in [6, 6.07) is 16.6. The van der Waals surface area contributed by atoms with Crippen molar-refractivity contribution in [3.8, 4) is 45.6 Å². The van der Waals surface area contributed by atoms with Gasteiger partial charge in [-0.05, 0) is 72.8 Å². The van der Waals surface area contributed by atoms with E-state index in [-0.39, 0.29) is 34.6 Å². The Hall–Kier alpha value is -6.04. The van der Waals surface area contributed by atoms with Gasteiger partial charge in [0.05, 0.1) is 0 Å². The van der Waals surface area contributed by atoms with Crippen molar-refractivity contribution in [1.82, 2.24) is 39.9 Å². The second-order valence-corrected chi connectivity index (χ2v) is 10.4. The lowest BCUT2D eigenvalue weighted by Gasteiger charge is -1.98. The van der Waals surface area contributed by atoms with Crippen LogP contribution in [-0.4, -0.2) is 39.9 Å². The Kier molecular flexibility index (Phi) is 4.87. The summed E-state index contributed by atoms with van der Waals surface area (Å²) in [5.41, 5.74) is 2.86. The molecule has 3 aromatic heterocycles. The fourth-order valence-corrected chi connectivity index (χ4v) is 5.68. The van der Waals surface area contributed by atoms with E-state index in [9.17, 15) is 17.6 Å². The van der Waals surface area contributed by atoms with E-state index in [2.05, 4.69) is 19.9 Å². The van der Waals surface area contributed by atoms with Crippen LogP contribution in [0.25, 0.3) is 89.7 Å². The fourth-order valence-electron chi connectivity index (χ4n) is 5.68. The molecule has 5 heterocycles. The van der Waals surface area contributed by atoms with Crippen LogP contribution < -0.4 is 0 Å². The van der Waals surface area contributed by atoms with Gasteiger partial charge in [0, 0.05) is 43.8 Å². The first-order valence-electron chi connectivity index (χ1n) is 13.4. The summed E-state index contributed by atoms with van der Waals surface area (Å²) >= 11 is 0. The maximum atomic E-state index is 14.5. The normalized spacial score (nSPS) is 12.1. The summed E-state index contributed by atoms with van der Waals surface area (Å²) in [4.78, 5) is 34.4. The summed E-state index contributed by atoms with van der Waals surface area (Å²) in [5, 5.41) is 1.89. The number of aromatic nitrogens is 8. The van der Waals surface area contributed by atoms with E-state index in [4.69, 9.17) is 19.9 Å². The van der Waals surface area contributed by atoms with Crippen molar-refractivity contribution < 1.29 is 17.6 Å². The third kappa shape index (κ3) is 3.63. The van der Waals surface area contributed by atoms with E-state index in [1.54, 1.807) is 24.3 Å². The minimum absolute atomic E-state index is 0.158. The van der Waals surface area contributed by atoms with Gasteiger partial charge in [0.1, 0.15) is 45.9 Å². The first-order valence-corrected chi connectivity index (χ1v) is 13.4. The van der Waals surface area contributed by atoms with Crippen LogP contribution in [-0.2, 0) is 0 Å². The number of aromatic amines is 2. The van der Waals surface area contributed by atoms with E-state index in [1.807, 2.05) is 0 Å². The van der Waals surface area contributed by atoms with Crippen molar-refractivity contribution in [3.05, 3.63) is 96.1 Å². The molecule has 0 atom stereocenters. The molecule has 0 radical (unpaired) electrons. The summed E-state index contributed by atoms with van der Waals surface area (Å²) in [6.07, 6.45) is 0.